The van der Waals surface area contributed by atoms with Crippen molar-refractivity contribution in [2.45, 2.75) is 79.1 Å². The quantitative estimate of drug-likeness (QED) is 0.380. The third-order valence-electron chi connectivity index (χ3n) is 1.82. The summed E-state index contributed by atoms with van der Waals surface area (Å²) in [5.74, 6) is -3.84. The van der Waals surface area contributed by atoms with Gasteiger partial charge in [-0.2, -0.15) is 0 Å². The van der Waals surface area contributed by atoms with Gasteiger partial charge in [0.2, 0.25) is 0 Å². The maximum Gasteiger partial charge on any atom is 2.00 e. The average molecular weight is 429 g/mol. The molecule has 0 amide bonds. The summed E-state index contributed by atoms with van der Waals surface area (Å²) in [6.07, 6.45) is 3.40. The van der Waals surface area contributed by atoms with Crippen molar-refractivity contribution in [1.82, 2.24) is 0 Å². The van der Waals surface area contributed by atoms with Crippen LogP contribution in [0.3, 0.4) is 0 Å². The van der Waals surface area contributed by atoms with E-state index in [0.717, 1.165) is 0 Å². The van der Waals surface area contributed by atoms with Gasteiger partial charge in [-0.1, -0.05) is 53.4 Å². The molecule has 0 fully saturated rings. The Morgan fingerprint density at radius 1 is 0.462 bits per heavy atom. The van der Waals surface area contributed by atoms with E-state index in [4.69, 9.17) is 0 Å². The molecule has 0 radical (unpaired) electrons. The van der Waals surface area contributed by atoms with E-state index in [0.29, 0.717) is 25.7 Å². The first-order valence-electron chi connectivity index (χ1n) is 7.88. The van der Waals surface area contributed by atoms with E-state index >= 15 is 0 Å². The van der Waals surface area contributed by atoms with Gasteiger partial charge >= 0.3 is 75.5 Å². The van der Waals surface area contributed by atoms with E-state index in [1.54, 1.807) is 27.7 Å². The molecule has 0 spiro atoms. The Bertz CT molecular complexity index is 272. The molecule has 8 nitrogen and oxygen atoms in total. The summed E-state index contributed by atoms with van der Waals surface area (Å²) in [6.45, 7) is 7.21. The Labute approximate surface area is 215 Å². The molecule has 0 N–H and O–H groups in total. The van der Waals surface area contributed by atoms with Crippen molar-refractivity contribution >= 4 is 99.4 Å². The van der Waals surface area contributed by atoms with Crippen LogP contribution in [0.15, 0.2) is 0 Å². The second-order valence-corrected chi connectivity index (χ2v) is 4.49. The van der Waals surface area contributed by atoms with Gasteiger partial charge in [0.05, 0.1) is 0 Å². The Balaban J connectivity index is -0.0000000500. The molecular formula is C16H28Ca2O8. The molecule has 10 heteroatoms. The number of aliphatic carboxylic acids is 4. The zero-order valence-corrected chi connectivity index (χ0v) is 20.8. The molecule has 0 aliphatic rings. The van der Waals surface area contributed by atoms with Gasteiger partial charge in [-0.3, -0.25) is 0 Å². The molecule has 0 aliphatic heterocycles. The van der Waals surface area contributed by atoms with Crippen molar-refractivity contribution in [3.05, 3.63) is 0 Å². The van der Waals surface area contributed by atoms with Crippen LogP contribution < -0.4 is 20.4 Å². The molecule has 0 aliphatic carbocycles. The standard InChI is InChI=1S/4C4H8O2.2Ca/c4*1-2-3-4(5)6;;/h4*2-3H2,1H3,(H,5,6);;/q;;;;2*+2/p-4. The van der Waals surface area contributed by atoms with Crippen molar-refractivity contribution in [3.63, 3.8) is 0 Å². The summed E-state index contributed by atoms with van der Waals surface area (Å²) in [6, 6.07) is 0. The first-order chi connectivity index (χ1) is 11.1. The molecule has 0 saturated carbocycles. The third-order valence-corrected chi connectivity index (χ3v) is 1.82. The van der Waals surface area contributed by atoms with Gasteiger partial charge in [0.15, 0.2) is 0 Å². The van der Waals surface area contributed by atoms with Gasteiger partial charge in [-0.05, 0) is 25.7 Å². The fourth-order valence-corrected chi connectivity index (χ4v) is 0.816. The predicted molar refractivity (Wildman–Crippen MR) is 91.2 cm³/mol. The molecule has 0 saturated heterocycles. The normalized spacial score (nSPS) is 7.54. The van der Waals surface area contributed by atoms with Crippen molar-refractivity contribution in [2.24, 2.45) is 0 Å². The smallest absolute Gasteiger partial charge is 0.550 e. The van der Waals surface area contributed by atoms with Crippen LogP contribution in [0.1, 0.15) is 79.1 Å². The van der Waals surface area contributed by atoms with Crippen LogP contribution in [0, 0.1) is 0 Å². The summed E-state index contributed by atoms with van der Waals surface area (Å²) >= 11 is 0. The van der Waals surface area contributed by atoms with Gasteiger partial charge in [-0.15, -0.1) is 0 Å². The zero-order chi connectivity index (χ0) is 20.0. The van der Waals surface area contributed by atoms with E-state index in [1.807, 2.05) is 0 Å². The average Bonchev–Trinajstić information content (AvgIpc) is 2.39. The number of carbonyl (C=O) groups excluding carboxylic acids is 4. The van der Waals surface area contributed by atoms with E-state index in [-0.39, 0.29) is 101 Å². The van der Waals surface area contributed by atoms with Gasteiger partial charge < -0.3 is 39.6 Å². The molecule has 0 rings (SSSR count). The van der Waals surface area contributed by atoms with Crippen molar-refractivity contribution in [3.8, 4) is 0 Å². The zero-order valence-electron chi connectivity index (χ0n) is 16.3. The maximum atomic E-state index is 9.49. The number of carboxylic acid groups (broad SMARTS) is 4. The second-order valence-electron chi connectivity index (χ2n) is 4.49. The Morgan fingerprint density at radius 3 is 0.577 bits per heavy atom. The fourth-order valence-electron chi connectivity index (χ4n) is 0.816. The number of hydrogen-bond acceptors (Lipinski definition) is 8. The SMILES string of the molecule is CCCC(=O)[O-].CCCC(=O)[O-].CCCC(=O)[O-].CCCC(=O)[O-].[Ca+2].[Ca+2]. The Kier molecular flexibility index (Phi) is 57.2. The van der Waals surface area contributed by atoms with Gasteiger partial charge in [-0.25, -0.2) is 0 Å². The van der Waals surface area contributed by atoms with Gasteiger partial charge in [0, 0.05) is 23.9 Å². The maximum absolute atomic E-state index is 9.49. The van der Waals surface area contributed by atoms with Crippen LogP contribution >= 0.6 is 0 Å². The minimum atomic E-state index is -0.961. The van der Waals surface area contributed by atoms with Crippen LogP contribution in [0.25, 0.3) is 0 Å². The first kappa shape index (κ1) is 40.9. The van der Waals surface area contributed by atoms with Crippen LogP contribution in [0.5, 0.6) is 0 Å². The molecule has 0 heterocycles. The summed E-state index contributed by atoms with van der Waals surface area (Å²) in [7, 11) is 0. The summed E-state index contributed by atoms with van der Waals surface area (Å²) < 4.78 is 0. The first-order valence-corrected chi connectivity index (χ1v) is 7.88. The summed E-state index contributed by atoms with van der Waals surface area (Å²) in [5, 5.41) is 38.0. The third kappa shape index (κ3) is 86.9. The molecule has 0 aromatic heterocycles. The van der Waals surface area contributed by atoms with Crippen molar-refractivity contribution in [1.29, 1.82) is 0 Å². The van der Waals surface area contributed by atoms with Crippen LogP contribution in [-0.4, -0.2) is 99.4 Å². The summed E-state index contributed by atoms with van der Waals surface area (Å²) in [4.78, 5) is 38.0. The van der Waals surface area contributed by atoms with Crippen molar-refractivity contribution in [2.75, 3.05) is 0 Å². The van der Waals surface area contributed by atoms with E-state index in [1.165, 1.54) is 0 Å². The monoisotopic (exact) mass is 428 g/mol. The van der Waals surface area contributed by atoms with Crippen molar-refractivity contribution < 1.29 is 39.6 Å². The summed E-state index contributed by atoms with van der Waals surface area (Å²) in [5.41, 5.74) is 0. The van der Waals surface area contributed by atoms with Crippen LogP contribution in [0.2, 0.25) is 0 Å². The second kappa shape index (κ2) is 36.3. The Hall–Kier alpha value is 0.399. The molecule has 0 unspecified atom stereocenters. The predicted octanol–water partition coefficient (Wildman–Crippen LogP) is -2.62. The minimum Gasteiger partial charge on any atom is -0.550 e. The van der Waals surface area contributed by atoms with Crippen LogP contribution in [0.4, 0.5) is 0 Å². The van der Waals surface area contributed by atoms with Gasteiger partial charge in [0.1, 0.15) is 0 Å². The number of hydrogen-bond donors (Lipinski definition) is 0. The molecular weight excluding hydrogens is 400 g/mol. The minimum absolute atomic E-state index is 0. The largest absolute Gasteiger partial charge is 2.00 e. The van der Waals surface area contributed by atoms with Gasteiger partial charge in [0.25, 0.3) is 0 Å². The molecule has 0 atom stereocenters. The number of carbonyl (C=O) groups is 4. The molecule has 0 aromatic carbocycles. The topological polar surface area (TPSA) is 161 Å². The molecule has 144 valence electrons. The molecule has 26 heavy (non-hydrogen) atoms. The molecule has 0 aromatic rings. The number of rotatable bonds is 8. The van der Waals surface area contributed by atoms with E-state index in [2.05, 4.69) is 0 Å². The van der Waals surface area contributed by atoms with E-state index in [9.17, 15) is 39.6 Å². The Morgan fingerprint density at radius 2 is 0.577 bits per heavy atom. The fraction of sp³-hybridized carbons (Fsp3) is 0.750. The van der Waals surface area contributed by atoms with E-state index < -0.39 is 23.9 Å². The number of carboxylic acids is 4. The molecule has 0 bridgehead atoms. The van der Waals surface area contributed by atoms with Crippen LogP contribution in [-0.2, 0) is 19.2 Å².